The van der Waals surface area contributed by atoms with E-state index < -0.39 is 6.10 Å². The summed E-state index contributed by atoms with van der Waals surface area (Å²) in [6.45, 7) is 0. The number of benzene rings is 2. The molecule has 0 aliphatic heterocycles. The molecule has 1 aromatic heterocycles. The molecule has 3 aromatic rings. The average molecular weight is 260 g/mol. The maximum Gasteiger partial charge on any atom is 0.105 e. The minimum atomic E-state index is -0.726. The summed E-state index contributed by atoms with van der Waals surface area (Å²) in [6.07, 6.45) is 1.01. The van der Waals surface area contributed by atoms with Gasteiger partial charge in [0.1, 0.15) is 6.10 Å². The molecule has 1 heterocycles. The Labute approximate surface area is 116 Å². The lowest BCUT2D eigenvalue weighted by atomic mass is 9.97. The van der Waals surface area contributed by atoms with Crippen LogP contribution in [0.5, 0.6) is 0 Å². The lowest BCUT2D eigenvalue weighted by Crippen LogP contribution is -2.00. The summed E-state index contributed by atoms with van der Waals surface area (Å²) >= 11 is 0. The maximum absolute atomic E-state index is 10.5. The van der Waals surface area contributed by atoms with Crippen LogP contribution in [0.2, 0.25) is 0 Å². The minimum Gasteiger partial charge on any atom is -0.384 e. The Kier molecular flexibility index (Phi) is 3.16. The average Bonchev–Trinajstić information content (AvgIpc) is 2.54. The Balaban J connectivity index is 2.08. The van der Waals surface area contributed by atoms with E-state index in [1.165, 1.54) is 0 Å². The molecule has 1 N–H and O–H groups in total. The van der Waals surface area contributed by atoms with Crippen molar-refractivity contribution in [3.63, 3.8) is 0 Å². The van der Waals surface area contributed by atoms with Gasteiger partial charge < -0.3 is 5.11 Å². The van der Waals surface area contributed by atoms with Gasteiger partial charge in [0.25, 0.3) is 0 Å². The maximum atomic E-state index is 10.5. The van der Waals surface area contributed by atoms with E-state index in [4.69, 9.17) is 5.26 Å². The number of rotatable bonds is 2. The zero-order valence-corrected chi connectivity index (χ0v) is 10.7. The van der Waals surface area contributed by atoms with E-state index in [0.29, 0.717) is 5.56 Å². The summed E-state index contributed by atoms with van der Waals surface area (Å²) in [5, 5.41) is 20.3. The summed E-state index contributed by atoms with van der Waals surface area (Å²) < 4.78 is 0. The second kappa shape index (κ2) is 5.12. The monoisotopic (exact) mass is 260 g/mol. The first-order valence-electron chi connectivity index (χ1n) is 6.31. The Morgan fingerprint density at radius 2 is 1.80 bits per heavy atom. The summed E-state index contributed by atoms with van der Waals surface area (Å²) in [5.74, 6) is 0. The zero-order valence-electron chi connectivity index (χ0n) is 10.7. The highest BCUT2D eigenvalue weighted by molar-refractivity contribution is 5.82. The molecule has 3 rings (SSSR count). The van der Waals surface area contributed by atoms with Crippen LogP contribution in [-0.4, -0.2) is 10.1 Å². The number of hydrogen-bond acceptors (Lipinski definition) is 3. The molecule has 0 aliphatic carbocycles. The summed E-state index contributed by atoms with van der Waals surface area (Å²) in [4.78, 5) is 4.29. The highest BCUT2D eigenvalue weighted by Gasteiger charge is 2.13. The molecule has 1 atom stereocenters. The van der Waals surface area contributed by atoms with Gasteiger partial charge in [0.15, 0.2) is 0 Å². The highest BCUT2D eigenvalue weighted by Crippen LogP contribution is 2.28. The molecule has 2 aromatic carbocycles. The molecule has 0 radical (unpaired) electrons. The minimum absolute atomic E-state index is 0.584. The standard InChI is InChI=1S/C17H12N2O/c18-11-12-6-8-13(9-7-12)17(20)15-3-1-5-16-14(15)4-2-10-19-16/h1-10,17,20H. The van der Waals surface area contributed by atoms with Crippen LogP contribution >= 0.6 is 0 Å². The third kappa shape index (κ3) is 2.13. The van der Waals surface area contributed by atoms with Crippen molar-refractivity contribution in [2.75, 3.05) is 0 Å². The first-order chi connectivity index (χ1) is 9.79. The zero-order chi connectivity index (χ0) is 13.9. The number of nitriles is 1. The number of aliphatic hydroxyl groups excluding tert-OH is 1. The van der Waals surface area contributed by atoms with E-state index >= 15 is 0 Å². The van der Waals surface area contributed by atoms with Crippen LogP contribution in [0.15, 0.2) is 60.8 Å². The Morgan fingerprint density at radius 3 is 2.55 bits per heavy atom. The Morgan fingerprint density at radius 1 is 1.00 bits per heavy atom. The molecular weight excluding hydrogens is 248 g/mol. The number of nitrogens with zero attached hydrogens (tertiary/aromatic N) is 2. The molecule has 1 unspecified atom stereocenters. The fourth-order valence-electron chi connectivity index (χ4n) is 2.29. The van der Waals surface area contributed by atoms with Gasteiger partial charge in [0, 0.05) is 11.6 Å². The third-order valence-corrected chi connectivity index (χ3v) is 3.33. The molecule has 0 spiro atoms. The van der Waals surface area contributed by atoms with Gasteiger partial charge in [0.05, 0.1) is 17.1 Å². The van der Waals surface area contributed by atoms with Crippen LogP contribution in [0.3, 0.4) is 0 Å². The van der Waals surface area contributed by atoms with Crippen LogP contribution < -0.4 is 0 Å². The van der Waals surface area contributed by atoms with Gasteiger partial charge in [-0.25, -0.2) is 0 Å². The van der Waals surface area contributed by atoms with Gasteiger partial charge in [-0.3, -0.25) is 4.98 Å². The predicted octanol–water partition coefficient (Wildman–Crippen LogP) is 3.19. The Hall–Kier alpha value is -2.70. The van der Waals surface area contributed by atoms with Crippen molar-refractivity contribution >= 4 is 10.9 Å². The van der Waals surface area contributed by atoms with E-state index in [9.17, 15) is 5.11 Å². The van der Waals surface area contributed by atoms with Crippen molar-refractivity contribution in [2.24, 2.45) is 0 Å². The van der Waals surface area contributed by atoms with Crippen LogP contribution in [0.4, 0.5) is 0 Å². The molecule has 3 heteroatoms. The second-order valence-corrected chi connectivity index (χ2v) is 4.55. The molecule has 0 amide bonds. The highest BCUT2D eigenvalue weighted by atomic mass is 16.3. The summed E-state index contributed by atoms with van der Waals surface area (Å²) in [5.41, 5.74) is 3.03. The quantitative estimate of drug-likeness (QED) is 0.769. The molecule has 0 fully saturated rings. The van der Waals surface area contributed by atoms with Crippen LogP contribution in [0.1, 0.15) is 22.8 Å². The van der Waals surface area contributed by atoms with E-state index in [-0.39, 0.29) is 0 Å². The number of pyridine rings is 1. The van der Waals surface area contributed by atoms with Crippen LogP contribution in [-0.2, 0) is 0 Å². The van der Waals surface area contributed by atoms with Crippen molar-refractivity contribution in [3.8, 4) is 6.07 Å². The SMILES string of the molecule is N#Cc1ccc(C(O)c2cccc3ncccc23)cc1. The molecule has 0 aliphatic rings. The molecule has 0 bridgehead atoms. The van der Waals surface area contributed by atoms with Crippen LogP contribution in [0.25, 0.3) is 10.9 Å². The predicted molar refractivity (Wildman–Crippen MR) is 77.0 cm³/mol. The fourth-order valence-corrected chi connectivity index (χ4v) is 2.29. The number of aromatic nitrogens is 1. The van der Waals surface area contributed by atoms with Crippen molar-refractivity contribution in [1.82, 2.24) is 4.98 Å². The van der Waals surface area contributed by atoms with E-state index in [2.05, 4.69) is 11.1 Å². The number of hydrogen-bond donors (Lipinski definition) is 1. The molecule has 3 nitrogen and oxygen atoms in total. The van der Waals surface area contributed by atoms with Gasteiger partial charge >= 0.3 is 0 Å². The topological polar surface area (TPSA) is 56.9 Å². The molecule has 96 valence electrons. The Bertz CT molecular complexity index is 783. The lowest BCUT2D eigenvalue weighted by molar-refractivity contribution is 0.222. The van der Waals surface area contributed by atoms with Gasteiger partial charge in [0.2, 0.25) is 0 Å². The first-order valence-corrected chi connectivity index (χ1v) is 6.31. The fraction of sp³-hybridized carbons (Fsp3) is 0.0588. The first kappa shape index (κ1) is 12.3. The lowest BCUT2D eigenvalue weighted by Gasteiger charge is -2.13. The van der Waals surface area contributed by atoms with E-state index in [0.717, 1.165) is 22.0 Å². The molecular formula is C17H12N2O. The van der Waals surface area contributed by atoms with Gasteiger partial charge in [-0.1, -0.05) is 30.3 Å². The normalized spacial score (nSPS) is 12.0. The van der Waals surface area contributed by atoms with Crippen molar-refractivity contribution in [2.45, 2.75) is 6.10 Å². The number of fused-ring (bicyclic) bond motifs is 1. The van der Waals surface area contributed by atoms with E-state index in [1.54, 1.807) is 30.5 Å². The summed E-state index contributed by atoms with van der Waals surface area (Å²) in [7, 11) is 0. The smallest absolute Gasteiger partial charge is 0.105 e. The third-order valence-electron chi connectivity index (χ3n) is 3.33. The largest absolute Gasteiger partial charge is 0.384 e. The van der Waals surface area contributed by atoms with Crippen molar-refractivity contribution in [1.29, 1.82) is 5.26 Å². The second-order valence-electron chi connectivity index (χ2n) is 4.55. The van der Waals surface area contributed by atoms with E-state index in [1.807, 2.05) is 30.3 Å². The number of aliphatic hydroxyl groups is 1. The van der Waals surface area contributed by atoms with Crippen molar-refractivity contribution in [3.05, 3.63) is 77.5 Å². The molecule has 0 saturated carbocycles. The van der Waals surface area contributed by atoms with Gasteiger partial charge in [-0.15, -0.1) is 0 Å². The summed E-state index contributed by atoms with van der Waals surface area (Å²) in [6, 6.07) is 18.6. The van der Waals surface area contributed by atoms with Gasteiger partial charge in [-0.05, 0) is 35.4 Å². The molecule has 20 heavy (non-hydrogen) atoms. The van der Waals surface area contributed by atoms with Crippen LogP contribution in [0, 0.1) is 11.3 Å². The van der Waals surface area contributed by atoms with Crippen molar-refractivity contribution < 1.29 is 5.11 Å². The molecule has 0 saturated heterocycles. The van der Waals surface area contributed by atoms with Gasteiger partial charge in [-0.2, -0.15) is 5.26 Å².